The van der Waals surface area contributed by atoms with E-state index in [-0.39, 0.29) is 5.91 Å². The van der Waals surface area contributed by atoms with Crippen molar-refractivity contribution in [1.29, 1.82) is 0 Å². The van der Waals surface area contributed by atoms with Crippen molar-refractivity contribution >= 4 is 17.4 Å². The van der Waals surface area contributed by atoms with Gasteiger partial charge in [-0.3, -0.25) is 9.78 Å². The summed E-state index contributed by atoms with van der Waals surface area (Å²) in [5.74, 6) is 0.593. The number of anilines is 2. The number of aromatic nitrogens is 3. The van der Waals surface area contributed by atoms with Crippen LogP contribution in [0.25, 0.3) is 0 Å². The van der Waals surface area contributed by atoms with Crippen LogP contribution in [0.2, 0.25) is 0 Å². The Bertz CT molecular complexity index is 912. The van der Waals surface area contributed by atoms with Crippen LogP contribution < -0.4 is 4.90 Å². The summed E-state index contributed by atoms with van der Waals surface area (Å²) in [5.41, 5.74) is 3.74. The number of pyridine rings is 1. The van der Waals surface area contributed by atoms with Crippen molar-refractivity contribution in [3.8, 4) is 0 Å². The monoisotopic (exact) mass is 375 g/mol. The van der Waals surface area contributed by atoms with Gasteiger partial charge in [0, 0.05) is 38.2 Å². The number of benzene rings is 1. The zero-order chi connectivity index (χ0) is 19.9. The van der Waals surface area contributed by atoms with Crippen molar-refractivity contribution in [3.05, 3.63) is 77.7 Å². The Hall–Kier alpha value is -3.28. The third-order valence-electron chi connectivity index (χ3n) is 4.61. The van der Waals surface area contributed by atoms with Crippen LogP contribution >= 0.6 is 0 Å². The first-order chi connectivity index (χ1) is 13.6. The SMILES string of the molecule is CCN(c1cccc(C)c1)c1ccc(C(=O)N(C)CCc2ccncc2)nn1. The van der Waals surface area contributed by atoms with Crippen LogP contribution in [0.1, 0.15) is 28.5 Å². The van der Waals surface area contributed by atoms with Crippen LogP contribution in [0.15, 0.2) is 60.9 Å². The van der Waals surface area contributed by atoms with E-state index in [0.29, 0.717) is 12.2 Å². The Morgan fingerprint density at radius 2 is 1.82 bits per heavy atom. The lowest BCUT2D eigenvalue weighted by Gasteiger charge is -2.22. The molecule has 2 heterocycles. The number of hydrogen-bond acceptors (Lipinski definition) is 5. The highest BCUT2D eigenvalue weighted by molar-refractivity contribution is 5.92. The standard InChI is InChI=1S/C22H25N5O/c1-4-27(19-7-5-6-17(2)16-19)21-9-8-20(24-25-21)22(28)26(3)15-12-18-10-13-23-14-11-18/h5-11,13-14,16H,4,12,15H2,1-3H3. The summed E-state index contributed by atoms with van der Waals surface area (Å²) in [6.07, 6.45) is 4.29. The van der Waals surface area contributed by atoms with E-state index in [1.807, 2.05) is 30.3 Å². The highest BCUT2D eigenvalue weighted by Crippen LogP contribution is 2.23. The van der Waals surface area contributed by atoms with Crippen molar-refractivity contribution in [3.63, 3.8) is 0 Å². The van der Waals surface area contributed by atoms with E-state index in [9.17, 15) is 4.79 Å². The molecule has 144 valence electrons. The van der Waals surface area contributed by atoms with Crippen LogP contribution in [-0.4, -0.2) is 46.1 Å². The smallest absolute Gasteiger partial charge is 0.274 e. The fourth-order valence-corrected chi connectivity index (χ4v) is 3.00. The van der Waals surface area contributed by atoms with Gasteiger partial charge < -0.3 is 9.80 Å². The maximum atomic E-state index is 12.6. The molecule has 3 aromatic rings. The quantitative estimate of drug-likeness (QED) is 0.631. The lowest BCUT2D eigenvalue weighted by atomic mass is 10.2. The molecule has 2 aromatic heterocycles. The highest BCUT2D eigenvalue weighted by Gasteiger charge is 2.16. The molecule has 28 heavy (non-hydrogen) atoms. The van der Waals surface area contributed by atoms with Crippen LogP contribution in [0, 0.1) is 6.92 Å². The molecule has 0 spiro atoms. The van der Waals surface area contributed by atoms with Gasteiger partial charge in [0.25, 0.3) is 5.91 Å². The maximum absolute atomic E-state index is 12.6. The molecule has 6 heteroatoms. The molecule has 0 aliphatic rings. The molecule has 0 aliphatic carbocycles. The number of nitrogens with zero attached hydrogens (tertiary/aromatic N) is 5. The maximum Gasteiger partial charge on any atom is 0.274 e. The average Bonchev–Trinajstić information content (AvgIpc) is 2.73. The predicted octanol–water partition coefficient (Wildman–Crippen LogP) is 3.65. The van der Waals surface area contributed by atoms with E-state index in [2.05, 4.69) is 46.1 Å². The first-order valence-corrected chi connectivity index (χ1v) is 9.40. The number of amides is 1. The molecule has 0 saturated heterocycles. The fourth-order valence-electron chi connectivity index (χ4n) is 3.00. The molecule has 0 fully saturated rings. The second-order valence-electron chi connectivity index (χ2n) is 6.69. The number of carbonyl (C=O) groups is 1. The number of aryl methyl sites for hydroxylation is 1. The van der Waals surface area contributed by atoms with Crippen LogP contribution in [0.3, 0.4) is 0 Å². The number of hydrogen-bond donors (Lipinski definition) is 0. The van der Waals surface area contributed by atoms with Gasteiger partial charge in [-0.25, -0.2) is 0 Å². The molecule has 0 radical (unpaired) electrons. The molecular weight excluding hydrogens is 350 g/mol. The Morgan fingerprint density at radius 1 is 1.04 bits per heavy atom. The fraction of sp³-hybridized carbons (Fsp3) is 0.273. The topological polar surface area (TPSA) is 62.2 Å². The first kappa shape index (κ1) is 19.5. The van der Waals surface area contributed by atoms with E-state index in [1.165, 1.54) is 5.56 Å². The molecule has 0 bridgehead atoms. The predicted molar refractivity (Wildman–Crippen MR) is 111 cm³/mol. The summed E-state index contributed by atoms with van der Waals surface area (Å²) in [5, 5.41) is 8.48. The molecular formula is C22H25N5O. The zero-order valence-corrected chi connectivity index (χ0v) is 16.5. The summed E-state index contributed by atoms with van der Waals surface area (Å²) >= 11 is 0. The minimum absolute atomic E-state index is 0.133. The summed E-state index contributed by atoms with van der Waals surface area (Å²) in [7, 11) is 1.78. The van der Waals surface area contributed by atoms with Gasteiger partial charge in [-0.15, -0.1) is 10.2 Å². The average molecular weight is 375 g/mol. The molecule has 6 nitrogen and oxygen atoms in total. The molecule has 3 rings (SSSR count). The van der Waals surface area contributed by atoms with Crippen LogP contribution in [-0.2, 0) is 6.42 Å². The third-order valence-corrected chi connectivity index (χ3v) is 4.61. The van der Waals surface area contributed by atoms with E-state index in [1.54, 1.807) is 30.4 Å². The van der Waals surface area contributed by atoms with Crippen molar-refractivity contribution in [2.75, 3.05) is 25.0 Å². The highest BCUT2D eigenvalue weighted by atomic mass is 16.2. The van der Waals surface area contributed by atoms with Gasteiger partial charge in [0.1, 0.15) is 0 Å². The van der Waals surface area contributed by atoms with Gasteiger partial charge >= 0.3 is 0 Å². The normalized spacial score (nSPS) is 10.5. The third kappa shape index (κ3) is 4.71. The summed E-state index contributed by atoms with van der Waals surface area (Å²) in [6.45, 7) is 5.50. The number of likely N-dealkylation sites (N-methyl/N-ethyl adjacent to an activating group) is 1. The van der Waals surface area contributed by atoms with Gasteiger partial charge in [-0.1, -0.05) is 12.1 Å². The second-order valence-corrected chi connectivity index (χ2v) is 6.69. The summed E-state index contributed by atoms with van der Waals surface area (Å²) < 4.78 is 0. The largest absolute Gasteiger partial charge is 0.340 e. The van der Waals surface area contributed by atoms with Crippen molar-refractivity contribution in [2.24, 2.45) is 0 Å². The van der Waals surface area contributed by atoms with Crippen molar-refractivity contribution in [2.45, 2.75) is 20.3 Å². The van der Waals surface area contributed by atoms with E-state index in [4.69, 9.17) is 0 Å². The van der Waals surface area contributed by atoms with Gasteiger partial charge in [0.2, 0.25) is 0 Å². The molecule has 0 saturated carbocycles. The Kier molecular flexibility index (Phi) is 6.32. The van der Waals surface area contributed by atoms with Gasteiger partial charge in [0.15, 0.2) is 11.5 Å². The van der Waals surface area contributed by atoms with Crippen molar-refractivity contribution in [1.82, 2.24) is 20.1 Å². The van der Waals surface area contributed by atoms with Gasteiger partial charge in [-0.2, -0.15) is 0 Å². The van der Waals surface area contributed by atoms with Crippen molar-refractivity contribution < 1.29 is 4.79 Å². The van der Waals surface area contributed by atoms with E-state index < -0.39 is 0 Å². The van der Waals surface area contributed by atoms with E-state index >= 15 is 0 Å². The Morgan fingerprint density at radius 3 is 2.46 bits per heavy atom. The lowest BCUT2D eigenvalue weighted by Crippen LogP contribution is -2.30. The van der Waals surface area contributed by atoms with Crippen LogP contribution in [0.4, 0.5) is 11.5 Å². The molecule has 1 amide bonds. The zero-order valence-electron chi connectivity index (χ0n) is 16.5. The Balaban J connectivity index is 1.68. The number of carbonyl (C=O) groups excluding carboxylic acids is 1. The molecule has 1 aromatic carbocycles. The molecule has 0 aliphatic heterocycles. The number of rotatable bonds is 7. The molecule has 0 unspecified atom stereocenters. The van der Waals surface area contributed by atoms with Crippen LogP contribution in [0.5, 0.6) is 0 Å². The molecule has 0 atom stereocenters. The summed E-state index contributed by atoms with van der Waals surface area (Å²) in [6, 6.07) is 15.7. The second kappa shape index (κ2) is 9.08. The lowest BCUT2D eigenvalue weighted by molar-refractivity contribution is 0.0789. The van der Waals surface area contributed by atoms with Gasteiger partial charge in [-0.05, 0) is 67.8 Å². The Labute approximate surface area is 165 Å². The summed E-state index contributed by atoms with van der Waals surface area (Å²) in [4.78, 5) is 20.4. The molecule has 0 N–H and O–H groups in total. The first-order valence-electron chi connectivity index (χ1n) is 9.40. The van der Waals surface area contributed by atoms with E-state index in [0.717, 1.165) is 30.0 Å². The minimum Gasteiger partial charge on any atom is -0.340 e. The minimum atomic E-state index is -0.133. The van der Waals surface area contributed by atoms with Gasteiger partial charge in [0.05, 0.1) is 0 Å².